The molecule has 0 radical (unpaired) electrons. The minimum absolute atomic E-state index is 0.158. The predicted octanol–water partition coefficient (Wildman–Crippen LogP) is 2.23. The van der Waals surface area contributed by atoms with E-state index < -0.39 is 23.2 Å². The number of carboxylic acid groups (broad SMARTS) is 1. The molecule has 1 aromatic rings. The van der Waals surface area contributed by atoms with Crippen LogP contribution in [0.2, 0.25) is 0 Å². The van der Waals surface area contributed by atoms with Crippen LogP contribution in [0.4, 0.5) is 13.2 Å². The van der Waals surface area contributed by atoms with Gasteiger partial charge in [0.15, 0.2) is 0 Å². The Morgan fingerprint density at radius 1 is 1.37 bits per heavy atom. The zero-order chi connectivity index (χ0) is 14.7. The standard InChI is InChI=1S/C13H12F3NO2/c1-3-8-17-12(2,11(18)19)9-6-4-5-7-10(9)13(14,15)16/h1,4-7,17H,8H2,2H3,(H,18,19). The highest BCUT2D eigenvalue weighted by Crippen LogP contribution is 2.36. The van der Waals surface area contributed by atoms with Gasteiger partial charge < -0.3 is 5.11 Å². The van der Waals surface area contributed by atoms with Gasteiger partial charge in [-0.25, -0.2) is 4.79 Å². The van der Waals surface area contributed by atoms with E-state index in [2.05, 4.69) is 11.2 Å². The third-order valence-electron chi connectivity index (χ3n) is 2.74. The molecule has 0 aliphatic carbocycles. The van der Waals surface area contributed by atoms with Crippen molar-refractivity contribution in [3.05, 3.63) is 35.4 Å². The Balaban J connectivity index is 3.40. The number of alkyl halides is 3. The van der Waals surface area contributed by atoms with Crippen molar-refractivity contribution in [3.8, 4) is 12.3 Å². The summed E-state index contributed by atoms with van der Waals surface area (Å²) >= 11 is 0. The first kappa shape index (κ1) is 15.1. The highest BCUT2D eigenvalue weighted by atomic mass is 19.4. The lowest BCUT2D eigenvalue weighted by Crippen LogP contribution is -2.48. The van der Waals surface area contributed by atoms with Gasteiger partial charge in [-0.3, -0.25) is 5.32 Å². The molecule has 1 aromatic carbocycles. The zero-order valence-corrected chi connectivity index (χ0v) is 10.1. The summed E-state index contributed by atoms with van der Waals surface area (Å²) in [6.07, 6.45) is 0.376. The minimum atomic E-state index is -4.63. The molecule has 6 heteroatoms. The van der Waals surface area contributed by atoms with E-state index in [0.717, 1.165) is 19.1 Å². The molecule has 0 bridgehead atoms. The molecule has 1 rings (SSSR count). The summed E-state index contributed by atoms with van der Waals surface area (Å²) in [6.45, 7) is 0.992. The quantitative estimate of drug-likeness (QED) is 0.826. The van der Waals surface area contributed by atoms with Gasteiger partial charge in [-0.15, -0.1) is 6.42 Å². The van der Waals surface area contributed by atoms with Gasteiger partial charge in [0, 0.05) is 0 Å². The van der Waals surface area contributed by atoms with Crippen molar-refractivity contribution in [2.45, 2.75) is 18.6 Å². The van der Waals surface area contributed by atoms with Gasteiger partial charge in [0.25, 0.3) is 0 Å². The Bertz CT molecular complexity index is 519. The zero-order valence-electron chi connectivity index (χ0n) is 10.1. The molecule has 3 nitrogen and oxygen atoms in total. The van der Waals surface area contributed by atoms with Gasteiger partial charge in [0.1, 0.15) is 5.54 Å². The summed E-state index contributed by atoms with van der Waals surface area (Å²) in [5.41, 5.74) is -3.27. The molecular weight excluding hydrogens is 259 g/mol. The second-order valence-electron chi connectivity index (χ2n) is 4.03. The van der Waals surface area contributed by atoms with Crippen LogP contribution in [0.15, 0.2) is 24.3 Å². The lowest BCUT2D eigenvalue weighted by atomic mass is 9.87. The van der Waals surface area contributed by atoms with Crippen LogP contribution in [-0.2, 0) is 16.5 Å². The number of carbonyl (C=O) groups is 1. The lowest BCUT2D eigenvalue weighted by Gasteiger charge is -2.28. The number of carboxylic acids is 1. The van der Waals surface area contributed by atoms with E-state index in [9.17, 15) is 23.1 Å². The maximum absolute atomic E-state index is 12.9. The molecule has 2 N–H and O–H groups in total. The summed E-state index contributed by atoms with van der Waals surface area (Å²) in [5, 5.41) is 11.6. The fourth-order valence-electron chi connectivity index (χ4n) is 1.68. The van der Waals surface area contributed by atoms with E-state index in [-0.39, 0.29) is 12.1 Å². The summed E-state index contributed by atoms with van der Waals surface area (Å²) in [7, 11) is 0. The molecule has 0 saturated carbocycles. The number of hydrogen-bond acceptors (Lipinski definition) is 2. The van der Waals surface area contributed by atoms with E-state index in [4.69, 9.17) is 6.42 Å². The number of hydrogen-bond donors (Lipinski definition) is 2. The first-order valence-corrected chi connectivity index (χ1v) is 5.32. The Morgan fingerprint density at radius 2 is 1.89 bits per heavy atom. The highest BCUT2D eigenvalue weighted by molar-refractivity contribution is 5.81. The number of nitrogens with one attached hydrogen (secondary N) is 1. The Labute approximate surface area is 108 Å². The van der Waals surface area contributed by atoms with Crippen molar-refractivity contribution in [2.75, 3.05) is 6.54 Å². The summed E-state index contributed by atoms with van der Waals surface area (Å²) in [5.74, 6) is 0.719. The molecule has 19 heavy (non-hydrogen) atoms. The number of aliphatic carboxylic acids is 1. The number of terminal acetylenes is 1. The third kappa shape index (κ3) is 3.06. The van der Waals surface area contributed by atoms with Crippen LogP contribution in [-0.4, -0.2) is 17.6 Å². The Morgan fingerprint density at radius 3 is 2.32 bits per heavy atom. The van der Waals surface area contributed by atoms with Crippen LogP contribution < -0.4 is 5.32 Å². The van der Waals surface area contributed by atoms with Crippen molar-refractivity contribution in [1.29, 1.82) is 0 Å². The topological polar surface area (TPSA) is 49.3 Å². The molecule has 0 fully saturated rings. The van der Waals surface area contributed by atoms with E-state index in [1.165, 1.54) is 12.1 Å². The van der Waals surface area contributed by atoms with Gasteiger partial charge >= 0.3 is 12.1 Å². The minimum Gasteiger partial charge on any atom is -0.480 e. The highest BCUT2D eigenvalue weighted by Gasteiger charge is 2.43. The molecule has 102 valence electrons. The monoisotopic (exact) mass is 271 g/mol. The Kier molecular flexibility index (Phi) is 4.22. The predicted molar refractivity (Wildman–Crippen MR) is 63.3 cm³/mol. The maximum Gasteiger partial charge on any atom is 0.416 e. The van der Waals surface area contributed by atoms with Crippen molar-refractivity contribution >= 4 is 5.97 Å². The molecular formula is C13H12F3NO2. The van der Waals surface area contributed by atoms with Crippen LogP contribution in [0, 0.1) is 12.3 Å². The van der Waals surface area contributed by atoms with Crippen molar-refractivity contribution in [1.82, 2.24) is 5.32 Å². The summed E-state index contributed by atoms with van der Waals surface area (Å²) in [6, 6.07) is 4.52. The van der Waals surface area contributed by atoms with Crippen LogP contribution in [0.1, 0.15) is 18.1 Å². The van der Waals surface area contributed by atoms with Crippen molar-refractivity contribution < 1.29 is 23.1 Å². The molecule has 1 atom stereocenters. The normalized spacial score (nSPS) is 14.5. The average molecular weight is 271 g/mol. The summed E-state index contributed by atoms with van der Waals surface area (Å²) < 4.78 is 38.7. The second kappa shape index (κ2) is 5.33. The van der Waals surface area contributed by atoms with Crippen LogP contribution in [0.3, 0.4) is 0 Å². The number of halogens is 3. The molecule has 0 amide bonds. The molecule has 0 heterocycles. The van der Waals surface area contributed by atoms with Crippen molar-refractivity contribution in [2.24, 2.45) is 0 Å². The molecule has 0 aliphatic rings. The number of benzene rings is 1. The molecule has 0 saturated heterocycles. The van der Waals surface area contributed by atoms with E-state index in [1.54, 1.807) is 0 Å². The maximum atomic E-state index is 12.9. The second-order valence-corrected chi connectivity index (χ2v) is 4.03. The van der Waals surface area contributed by atoms with Gasteiger partial charge in [0.2, 0.25) is 0 Å². The third-order valence-corrected chi connectivity index (χ3v) is 2.74. The van der Waals surface area contributed by atoms with Gasteiger partial charge in [0.05, 0.1) is 12.1 Å². The molecule has 0 spiro atoms. The van der Waals surface area contributed by atoms with Gasteiger partial charge in [-0.05, 0) is 18.6 Å². The Hall–Kier alpha value is -2.00. The molecule has 0 aromatic heterocycles. The van der Waals surface area contributed by atoms with Gasteiger partial charge in [-0.2, -0.15) is 13.2 Å². The van der Waals surface area contributed by atoms with Crippen LogP contribution >= 0.6 is 0 Å². The fraction of sp³-hybridized carbons (Fsp3) is 0.308. The first-order chi connectivity index (χ1) is 8.73. The lowest BCUT2D eigenvalue weighted by molar-refractivity contribution is -0.146. The molecule has 0 aliphatic heterocycles. The fourth-order valence-corrected chi connectivity index (χ4v) is 1.68. The molecule has 1 unspecified atom stereocenters. The van der Waals surface area contributed by atoms with E-state index in [0.29, 0.717) is 0 Å². The SMILES string of the molecule is C#CCNC(C)(C(=O)O)c1ccccc1C(F)(F)F. The van der Waals surface area contributed by atoms with Crippen molar-refractivity contribution in [3.63, 3.8) is 0 Å². The largest absolute Gasteiger partial charge is 0.480 e. The van der Waals surface area contributed by atoms with Crippen LogP contribution in [0.25, 0.3) is 0 Å². The van der Waals surface area contributed by atoms with E-state index >= 15 is 0 Å². The summed E-state index contributed by atoms with van der Waals surface area (Å²) in [4.78, 5) is 11.3. The first-order valence-electron chi connectivity index (χ1n) is 5.32. The number of rotatable bonds is 4. The van der Waals surface area contributed by atoms with Crippen LogP contribution in [0.5, 0.6) is 0 Å². The van der Waals surface area contributed by atoms with E-state index in [1.807, 2.05) is 0 Å². The van der Waals surface area contributed by atoms with Gasteiger partial charge in [-0.1, -0.05) is 24.1 Å². The smallest absolute Gasteiger partial charge is 0.416 e. The average Bonchev–Trinajstić information content (AvgIpc) is 2.34.